The highest BCUT2D eigenvalue weighted by atomic mass is 15.3. The normalized spacial score (nSPS) is 42.2. The second-order valence-electron chi connectivity index (χ2n) is 6.14. The van der Waals surface area contributed by atoms with Crippen LogP contribution in [-0.4, -0.2) is 61.2 Å². The molecule has 4 fully saturated rings. The van der Waals surface area contributed by atoms with Gasteiger partial charge in [-0.2, -0.15) is 0 Å². The minimum absolute atomic E-state index is 0.769. The number of fused-ring (bicyclic) bond motifs is 3. The molecule has 3 heteroatoms. The Morgan fingerprint density at radius 2 is 1.88 bits per heavy atom. The van der Waals surface area contributed by atoms with Crippen LogP contribution in [0.25, 0.3) is 0 Å². The van der Waals surface area contributed by atoms with Crippen molar-refractivity contribution in [2.75, 3.05) is 39.3 Å². The van der Waals surface area contributed by atoms with Crippen molar-refractivity contribution in [2.24, 2.45) is 5.92 Å². The Morgan fingerprint density at radius 3 is 2.53 bits per heavy atom. The van der Waals surface area contributed by atoms with E-state index in [1.54, 1.807) is 0 Å². The summed E-state index contributed by atoms with van der Waals surface area (Å²) in [4.78, 5) is 5.46. The van der Waals surface area contributed by atoms with Crippen molar-refractivity contribution >= 4 is 0 Å². The van der Waals surface area contributed by atoms with Crippen LogP contribution in [0.15, 0.2) is 0 Å². The van der Waals surface area contributed by atoms with Gasteiger partial charge >= 0.3 is 0 Å². The first-order valence-electron chi connectivity index (χ1n) is 7.56. The topological polar surface area (TPSA) is 18.5 Å². The predicted octanol–water partition coefficient (Wildman–Crippen LogP) is 1.15. The Bertz CT molecular complexity index is 248. The summed E-state index contributed by atoms with van der Waals surface area (Å²) in [6.45, 7) is 10.2. The quantitative estimate of drug-likeness (QED) is 0.791. The predicted molar refractivity (Wildman–Crippen MR) is 71.2 cm³/mol. The molecule has 98 valence electrons. The molecule has 0 aliphatic carbocycles. The fourth-order valence-corrected chi connectivity index (χ4v) is 3.95. The maximum atomic E-state index is 3.69. The van der Waals surface area contributed by atoms with Crippen molar-refractivity contribution in [2.45, 2.75) is 44.7 Å². The summed E-state index contributed by atoms with van der Waals surface area (Å²) >= 11 is 0. The molecule has 0 spiro atoms. The lowest BCUT2D eigenvalue weighted by atomic mass is 9.83. The molecule has 4 heterocycles. The Balaban J connectivity index is 1.52. The molecule has 0 aromatic rings. The number of piperidine rings is 3. The smallest absolute Gasteiger partial charge is 0.0253 e. The van der Waals surface area contributed by atoms with Crippen molar-refractivity contribution in [3.63, 3.8) is 0 Å². The van der Waals surface area contributed by atoms with Crippen LogP contribution in [0, 0.1) is 5.92 Å². The van der Waals surface area contributed by atoms with Gasteiger partial charge in [0.1, 0.15) is 0 Å². The highest BCUT2D eigenvalue weighted by Gasteiger charge is 2.39. The van der Waals surface area contributed by atoms with Crippen LogP contribution in [0.3, 0.4) is 0 Å². The van der Waals surface area contributed by atoms with Crippen molar-refractivity contribution in [1.29, 1.82) is 0 Å². The summed E-state index contributed by atoms with van der Waals surface area (Å²) < 4.78 is 0. The van der Waals surface area contributed by atoms with Gasteiger partial charge in [0.25, 0.3) is 0 Å². The minimum atomic E-state index is 0.769. The van der Waals surface area contributed by atoms with Crippen LogP contribution in [0.2, 0.25) is 0 Å². The average Bonchev–Trinajstić information content (AvgIpc) is 2.86. The van der Waals surface area contributed by atoms with E-state index in [-0.39, 0.29) is 0 Å². The SMILES string of the molecule is CCCNC1CCN(C2CN3CCC2CC3)C1. The molecule has 3 nitrogen and oxygen atoms in total. The number of nitrogens with zero attached hydrogens (tertiary/aromatic N) is 2. The Labute approximate surface area is 106 Å². The van der Waals surface area contributed by atoms with Gasteiger partial charge in [-0.25, -0.2) is 0 Å². The maximum Gasteiger partial charge on any atom is 0.0253 e. The van der Waals surface area contributed by atoms with E-state index >= 15 is 0 Å². The number of rotatable bonds is 4. The summed E-state index contributed by atoms with van der Waals surface area (Å²) in [5.74, 6) is 1.00. The van der Waals surface area contributed by atoms with Gasteiger partial charge in [0.2, 0.25) is 0 Å². The number of hydrogen-bond donors (Lipinski definition) is 1. The summed E-state index contributed by atoms with van der Waals surface area (Å²) in [7, 11) is 0. The summed E-state index contributed by atoms with van der Waals surface area (Å²) in [5.41, 5.74) is 0. The molecule has 4 rings (SSSR count). The van der Waals surface area contributed by atoms with E-state index in [1.807, 2.05) is 0 Å². The van der Waals surface area contributed by atoms with Crippen LogP contribution in [-0.2, 0) is 0 Å². The zero-order chi connectivity index (χ0) is 11.7. The van der Waals surface area contributed by atoms with Gasteiger partial charge in [-0.3, -0.25) is 4.90 Å². The van der Waals surface area contributed by atoms with Crippen LogP contribution in [0.1, 0.15) is 32.6 Å². The molecule has 2 unspecified atom stereocenters. The highest BCUT2D eigenvalue weighted by molar-refractivity contribution is 4.95. The van der Waals surface area contributed by atoms with E-state index < -0.39 is 0 Å². The lowest BCUT2D eigenvalue weighted by molar-refractivity contribution is 0.0148. The molecule has 4 aliphatic rings. The van der Waals surface area contributed by atoms with E-state index in [9.17, 15) is 0 Å². The van der Waals surface area contributed by atoms with Crippen molar-refractivity contribution in [3.8, 4) is 0 Å². The maximum absolute atomic E-state index is 3.69. The van der Waals surface area contributed by atoms with Crippen LogP contribution >= 0.6 is 0 Å². The summed E-state index contributed by atoms with van der Waals surface area (Å²) in [6, 6.07) is 1.65. The monoisotopic (exact) mass is 237 g/mol. The zero-order valence-corrected chi connectivity index (χ0v) is 11.2. The van der Waals surface area contributed by atoms with E-state index in [4.69, 9.17) is 0 Å². The van der Waals surface area contributed by atoms with Crippen LogP contribution in [0.4, 0.5) is 0 Å². The Morgan fingerprint density at radius 1 is 1.06 bits per heavy atom. The molecule has 0 radical (unpaired) electrons. The molecule has 2 bridgehead atoms. The average molecular weight is 237 g/mol. The molecule has 0 aromatic carbocycles. The molecular weight excluding hydrogens is 210 g/mol. The first kappa shape index (κ1) is 11.9. The lowest BCUT2D eigenvalue weighted by Crippen LogP contribution is -2.57. The first-order chi connectivity index (χ1) is 8.36. The van der Waals surface area contributed by atoms with Crippen molar-refractivity contribution in [1.82, 2.24) is 15.1 Å². The van der Waals surface area contributed by atoms with E-state index in [1.165, 1.54) is 65.0 Å². The third kappa shape index (κ3) is 2.51. The third-order valence-corrected chi connectivity index (χ3v) is 4.99. The third-order valence-electron chi connectivity index (χ3n) is 4.99. The lowest BCUT2D eigenvalue weighted by Gasteiger charge is -2.48. The second-order valence-corrected chi connectivity index (χ2v) is 6.14. The Kier molecular flexibility index (Phi) is 3.69. The van der Waals surface area contributed by atoms with E-state index in [2.05, 4.69) is 22.0 Å². The second kappa shape index (κ2) is 5.25. The fraction of sp³-hybridized carbons (Fsp3) is 1.00. The van der Waals surface area contributed by atoms with Gasteiger partial charge in [-0.15, -0.1) is 0 Å². The minimum Gasteiger partial charge on any atom is -0.313 e. The van der Waals surface area contributed by atoms with Crippen LogP contribution in [0.5, 0.6) is 0 Å². The van der Waals surface area contributed by atoms with Crippen LogP contribution < -0.4 is 5.32 Å². The molecule has 2 atom stereocenters. The zero-order valence-electron chi connectivity index (χ0n) is 11.2. The highest BCUT2D eigenvalue weighted by Crippen LogP contribution is 2.32. The van der Waals surface area contributed by atoms with Gasteiger partial charge in [0.05, 0.1) is 0 Å². The van der Waals surface area contributed by atoms with Gasteiger partial charge in [-0.05, 0) is 51.2 Å². The number of nitrogens with one attached hydrogen (secondary N) is 1. The number of likely N-dealkylation sites (tertiary alicyclic amines) is 1. The summed E-state index contributed by atoms with van der Waals surface area (Å²) in [5, 5.41) is 3.69. The van der Waals surface area contributed by atoms with Gasteiger partial charge in [0.15, 0.2) is 0 Å². The Hall–Kier alpha value is -0.120. The van der Waals surface area contributed by atoms with E-state index in [0.717, 1.165) is 18.0 Å². The first-order valence-corrected chi connectivity index (χ1v) is 7.56. The molecule has 0 amide bonds. The molecule has 17 heavy (non-hydrogen) atoms. The molecule has 1 N–H and O–H groups in total. The van der Waals surface area contributed by atoms with Crippen molar-refractivity contribution < 1.29 is 0 Å². The van der Waals surface area contributed by atoms with E-state index in [0.29, 0.717) is 0 Å². The van der Waals surface area contributed by atoms with Gasteiger partial charge in [0, 0.05) is 31.7 Å². The van der Waals surface area contributed by atoms with Gasteiger partial charge in [-0.1, -0.05) is 6.92 Å². The molecule has 0 aromatic heterocycles. The van der Waals surface area contributed by atoms with Crippen molar-refractivity contribution in [3.05, 3.63) is 0 Å². The van der Waals surface area contributed by atoms with Gasteiger partial charge < -0.3 is 10.2 Å². The fourth-order valence-electron chi connectivity index (χ4n) is 3.95. The molecule has 0 saturated carbocycles. The molecular formula is C14H27N3. The standard InChI is InChI=1S/C14H27N3/c1-2-6-15-13-5-9-17(10-13)14-11-16-7-3-12(14)4-8-16/h12-15H,2-11H2,1H3. The molecule has 4 saturated heterocycles. The summed E-state index contributed by atoms with van der Waals surface area (Å²) in [6.07, 6.45) is 5.53. The largest absolute Gasteiger partial charge is 0.313 e. The molecule has 4 aliphatic heterocycles. The number of hydrogen-bond acceptors (Lipinski definition) is 3.